The average molecular weight is 677 g/mol. The summed E-state index contributed by atoms with van der Waals surface area (Å²) in [5.74, 6) is 0.830. The molecule has 10 nitrogen and oxygen atoms in total. The van der Waals surface area contributed by atoms with Crippen LogP contribution in [0.25, 0.3) is 33.6 Å². The molecule has 2 aliphatic rings. The van der Waals surface area contributed by atoms with Crippen molar-refractivity contribution < 1.29 is 23.8 Å². The lowest BCUT2D eigenvalue weighted by molar-refractivity contribution is 0.0217. The van der Waals surface area contributed by atoms with Crippen LogP contribution in [-0.4, -0.2) is 60.1 Å². The number of rotatable bonds is 7. The zero-order chi connectivity index (χ0) is 35.0. The van der Waals surface area contributed by atoms with Crippen molar-refractivity contribution >= 4 is 12.2 Å². The third-order valence-electron chi connectivity index (χ3n) is 10.2. The van der Waals surface area contributed by atoms with Gasteiger partial charge in [0.2, 0.25) is 0 Å². The first kappa shape index (κ1) is 33.1. The molecular weight excluding hydrogens is 635 g/mol. The van der Waals surface area contributed by atoms with Gasteiger partial charge < -0.3 is 19.8 Å². The predicted octanol–water partition coefficient (Wildman–Crippen LogP) is 8.76. The summed E-state index contributed by atoms with van der Waals surface area (Å²) in [5.41, 5.74) is 3.74. The van der Waals surface area contributed by atoms with Crippen LogP contribution >= 0.6 is 0 Å². The van der Waals surface area contributed by atoms with Crippen molar-refractivity contribution in [1.82, 2.24) is 29.7 Å². The zero-order valence-electron chi connectivity index (χ0n) is 28.4. The average Bonchev–Trinajstić information content (AvgIpc) is 3.93. The summed E-state index contributed by atoms with van der Waals surface area (Å²) in [6.07, 6.45) is 5.13. The van der Waals surface area contributed by atoms with Crippen LogP contribution < -0.4 is 0 Å². The van der Waals surface area contributed by atoms with E-state index in [0.29, 0.717) is 42.2 Å². The van der Waals surface area contributed by atoms with E-state index in [4.69, 9.17) is 9.72 Å². The van der Waals surface area contributed by atoms with Crippen LogP contribution in [0.15, 0.2) is 85.2 Å². The number of ether oxygens (including phenoxy) is 1. The fourth-order valence-corrected chi connectivity index (χ4v) is 7.60. The van der Waals surface area contributed by atoms with Crippen molar-refractivity contribution in [3.63, 3.8) is 0 Å². The highest BCUT2D eigenvalue weighted by Crippen LogP contribution is 2.50. The monoisotopic (exact) mass is 676 g/mol. The number of carbonyl (C=O) groups excluding carboxylic acids is 1. The summed E-state index contributed by atoms with van der Waals surface area (Å²) >= 11 is 0. The zero-order valence-corrected chi connectivity index (χ0v) is 28.4. The molecule has 11 heteroatoms. The molecule has 50 heavy (non-hydrogen) atoms. The van der Waals surface area contributed by atoms with Crippen molar-refractivity contribution in [2.75, 3.05) is 13.1 Å². The molecule has 2 fully saturated rings. The van der Waals surface area contributed by atoms with E-state index in [9.17, 15) is 14.7 Å². The Hall–Kier alpha value is -5.45. The molecule has 5 aromatic rings. The molecule has 2 saturated heterocycles. The normalized spacial score (nSPS) is 19.2. The van der Waals surface area contributed by atoms with E-state index in [2.05, 4.69) is 15.0 Å². The maximum Gasteiger partial charge on any atom is 0.410 e. The maximum atomic E-state index is 15.7. The first-order chi connectivity index (χ1) is 24.0. The van der Waals surface area contributed by atoms with Gasteiger partial charge in [0.05, 0.1) is 23.6 Å². The molecule has 7 rings (SSSR count). The molecule has 0 spiro atoms. The van der Waals surface area contributed by atoms with Gasteiger partial charge in [0, 0.05) is 24.8 Å². The molecule has 258 valence electrons. The second-order valence-electron chi connectivity index (χ2n) is 14.1. The number of hydrogen-bond acceptors (Lipinski definition) is 5. The molecule has 0 saturated carbocycles. The van der Waals surface area contributed by atoms with Gasteiger partial charge in [-0.05, 0) is 65.5 Å². The third kappa shape index (κ3) is 6.01. The number of likely N-dealkylation sites (tertiary alicyclic amines) is 2. The van der Waals surface area contributed by atoms with Gasteiger partial charge in [-0.25, -0.2) is 23.9 Å². The van der Waals surface area contributed by atoms with Gasteiger partial charge in [-0.15, -0.1) is 0 Å². The number of amides is 2. The highest BCUT2D eigenvalue weighted by Gasteiger charge is 2.55. The minimum atomic E-state index is -0.984. The van der Waals surface area contributed by atoms with Crippen molar-refractivity contribution in [1.29, 1.82) is 0 Å². The number of benzene rings is 3. The number of aromatic nitrogens is 4. The Morgan fingerprint density at radius 2 is 1.74 bits per heavy atom. The number of imidazole rings is 2. The molecule has 4 heterocycles. The van der Waals surface area contributed by atoms with E-state index in [1.54, 1.807) is 23.4 Å². The van der Waals surface area contributed by atoms with Crippen LogP contribution in [0.1, 0.15) is 69.7 Å². The van der Waals surface area contributed by atoms with E-state index in [1.165, 1.54) is 11.0 Å². The van der Waals surface area contributed by atoms with Crippen LogP contribution in [0.5, 0.6) is 0 Å². The minimum absolute atomic E-state index is 0.188. The van der Waals surface area contributed by atoms with Crippen molar-refractivity contribution in [2.45, 2.75) is 64.6 Å². The summed E-state index contributed by atoms with van der Waals surface area (Å²) in [5, 5.41) is 9.99. The molecular formula is C39H41FN6O4. The van der Waals surface area contributed by atoms with Gasteiger partial charge in [-0.2, -0.15) is 0 Å². The summed E-state index contributed by atoms with van der Waals surface area (Å²) in [6, 6.07) is 22.3. The predicted molar refractivity (Wildman–Crippen MR) is 187 cm³/mol. The Labute approximate surface area is 290 Å². The number of carboxylic acid groups (broad SMARTS) is 1. The SMILES string of the molecule is CC(C)(C)[C@]1(c2nc(-c3ccc(-c4ccc(-c5cnc([C@@H]6CCCN6C(=O)OCc6ccccc6)[nH]5)cc4)cc3F)c[nH]2)CCCN1C(=O)O. The number of aromatic amines is 2. The largest absolute Gasteiger partial charge is 0.465 e. The van der Waals surface area contributed by atoms with Gasteiger partial charge in [-0.3, -0.25) is 9.80 Å². The molecule has 2 amide bonds. The highest BCUT2D eigenvalue weighted by molar-refractivity contribution is 5.73. The van der Waals surface area contributed by atoms with Gasteiger partial charge in [0.25, 0.3) is 0 Å². The first-order valence-corrected chi connectivity index (χ1v) is 17.0. The van der Waals surface area contributed by atoms with Crippen molar-refractivity contribution in [2.24, 2.45) is 5.41 Å². The Morgan fingerprint density at radius 1 is 1.00 bits per heavy atom. The van der Waals surface area contributed by atoms with E-state index in [0.717, 1.165) is 47.5 Å². The van der Waals surface area contributed by atoms with Crippen LogP contribution in [0.2, 0.25) is 0 Å². The number of nitrogens with zero attached hydrogens (tertiary/aromatic N) is 4. The molecule has 0 aliphatic carbocycles. The second kappa shape index (κ2) is 13.1. The summed E-state index contributed by atoms with van der Waals surface area (Å²) < 4.78 is 21.2. The van der Waals surface area contributed by atoms with E-state index in [-0.39, 0.29) is 18.7 Å². The highest BCUT2D eigenvalue weighted by atomic mass is 19.1. The van der Waals surface area contributed by atoms with E-state index >= 15 is 4.39 Å². The molecule has 2 aromatic heterocycles. The van der Waals surface area contributed by atoms with Gasteiger partial charge in [0.15, 0.2) is 0 Å². The van der Waals surface area contributed by atoms with E-state index < -0.39 is 22.9 Å². The minimum Gasteiger partial charge on any atom is -0.465 e. The van der Waals surface area contributed by atoms with Crippen LogP contribution in [0, 0.1) is 11.2 Å². The molecule has 0 bridgehead atoms. The maximum absolute atomic E-state index is 15.7. The van der Waals surface area contributed by atoms with Crippen LogP contribution in [-0.2, 0) is 16.9 Å². The lowest BCUT2D eigenvalue weighted by atomic mass is 9.71. The van der Waals surface area contributed by atoms with Crippen molar-refractivity contribution in [3.05, 3.63) is 108 Å². The van der Waals surface area contributed by atoms with E-state index in [1.807, 2.05) is 81.4 Å². The van der Waals surface area contributed by atoms with Gasteiger partial charge in [-0.1, -0.05) is 81.4 Å². The smallest absolute Gasteiger partial charge is 0.410 e. The molecule has 2 aliphatic heterocycles. The lowest BCUT2D eigenvalue weighted by Crippen LogP contribution is -2.53. The number of hydrogen-bond donors (Lipinski definition) is 3. The fraction of sp³-hybridized carbons (Fsp3) is 0.333. The Bertz CT molecular complexity index is 2000. The van der Waals surface area contributed by atoms with Crippen molar-refractivity contribution in [3.8, 4) is 33.6 Å². The molecule has 2 atom stereocenters. The van der Waals surface area contributed by atoms with Crippen LogP contribution in [0.4, 0.5) is 14.0 Å². The third-order valence-corrected chi connectivity index (χ3v) is 10.2. The first-order valence-electron chi connectivity index (χ1n) is 17.0. The molecule has 3 aromatic carbocycles. The Kier molecular flexibility index (Phi) is 8.67. The standard InChI is InChI=1S/C39H41FN6O4/c1-38(2,3)39(18-8-20-46(39)36(47)48)35-42-23-32(44-35)29-17-16-28(21-30(29)40)26-12-14-27(15-13-26)31-22-41-34(43-31)33-11-7-19-45(33)37(49)50-24-25-9-5-4-6-10-25/h4-6,9-10,12-17,21-23,33H,7-8,11,18-20,24H2,1-3H3,(H,41,43)(H,42,44)(H,47,48)/t33-,39+/m0/s1. The quantitative estimate of drug-likeness (QED) is 0.158. The molecule has 0 radical (unpaired) electrons. The van der Waals surface area contributed by atoms with Crippen LogP contribution in [0.3, 0.4) is 0 Å². The number of carbonyl (C=O) groups is 2. The summed E-state index contributed by atoms with van der Waals surface area (Å²) in [4.78, 5) is 44.3. The summed E-state index contributed by atoms with van der Waals surface area (Å²) in [6.45, 7) is 7.30. The molecule has 3 N–H and O–H groups in total. The fourth-order valence-electron chi connectivity index (χ4n) is 7.60. The number of nitrogens with one attached hydrogen (secondary N) is 2. The number of H-pyrrole nitrogens is 2. The lowest BCUT2D eigenvalue weighted by Gasteiger charge is -2.45. The second-order valence-corrected chi connectivity index (χ2v) is 14.1. The van der Waals surface area contributed by atoms with Gasteiger partial charge in [0.1, 0.15) is 29.6 Å². The topological polar surface area (TPSA) is 127 Å². The Balaban J connectivity index is 1.05. The summed E-state index contributed by atoms with van der Waals surface area (Å²) in [7, 11) is 0. The Morgan fingerprint density at radius 3 is 2.46 bits per heavy atom. The van der Waals surface area contributed by atoms with Gasteiger partial charge >= 0.3 is 12.2 Å². The number of halogens is 1. The molecule has 0 unspecified atom stereocenters.